The lowest BCUT2D eigenvalue weighted by Gasteiger charge is -2.53. The minimum atomic E-state index is -4.52. The molecule has 14 heteroatoms. The number of ether oxygens (including phenoxy) is 2. The molecular formula is C34H43Cl2F3N6O3. The molecule has 0 N–H and O–H groups in total. The van der Waals surface area contributed by atoms with Crippen LogP contribution in [0.4, 0.5) is 18.0 Å². The molecule has 0 spiro atoms. The number of rotatable bonds is 9. The van der Waals surface area contributed by atoms with Crippen molar-refractivity contribution in [2.24, 2.45) is 0 Å². The number of methoxy groups -OCH3 is 1. The summed E-state index contributed by atoms with van der Waals surface area (Å²) in [7, 11) is 4.99. The van der Waals surface area contributed by atoms with Gasteiger partial charge >= 0.3 is 12.2 Å². The third-order valence-corrected chi connectivity index (χ3v) is 9.06. The normalized spacial score (nSPS) is 19.9. The van der Waals surface area contributed by atoms with Crippen molar-refractivity contribution in [3.05, 3.63) is 83.2 Å². The van der Waals surface area contributed by atoms with Gasteiger partial charge in [0.1, 0.15) is 5.82 Å². The number of benzene rings is 2. The zero-order valence-electron chi connectivity index (χ0n) is 27.3. The van der Waals surface area contributed by atoms with Crippen molar-refractivity contribution in [3.8, 4) is 11.8 Å². The third kappa shape index (κ3) is 8.63. The average Bonchev–Trinajstić information content (AvgIpc) is 3.90. The Balaban J connectivity index is 0.00000260. The zero-order chi connectivity index (χ0) is 32.4. The molecule has 1 aromatic heterocycles. The van der Waals surface area contributed by atoms with Gasteiger partial charge in [-0.2, -0.15) is 23.1 Å². The Labute approximate surface area is 292 Å². The standard InChI is InChI=1S/C34H41F3N6O3.2ClH/c1-40(2)33(44)42-16-17-43-26(19-42)18-41(21-28(43)29(23-10-6-4-7-11-23)24-12-8-5-9-13-24)20-27-31(45-3)38-30(25-14-15-25)39-32(27)46-22-34(35,36)37;;/h4-13,25-26,28-29H,14-22H2,1-3H3;2*1H/t26-,28+;;/m1../s1. The SMILES string of the molecule is COc1nc(C2CC2)nc(OCC(F)(F)F)c1CN1C[C@@H]2CN(C(=O)N(C)C)CCN2[C@H](C(c2ccccc2)c2ccccc2)C1.Cl.Cl. The maximum atomic E-state index is 13.3. The molecule has 3 heterocycles. The van der Waals surface area contributed by atoms with E-state index in [1.54, 1.807) is 19.0 Å². The molecule has 3 aliphatic rings. The van der Waals surface area contributed by atoms with E-state index in [-0.39, 0.29) is 73.1 Å². The Morgan fingerprint density at radius 2 is 1.52 bits per heavy atom. The fourth-order valence-corrected chi connectivity index (χ4v) is 6.83. The van der Waals surface area contributed by atoms with Crippen molar-refractivity contribution in [2.75, 3.05) is 60.5 Å². The van der Waals surface area contributed by atoms with E-state index in [2.05, 4.69) is 44.0 Å². The molecule has 9 nitrogen and oxygen atoms in total. The van der Waals surface area contributed by atoms with E-state index in [0.29, 0.717) is 44.1 Å². The number of hydrogen-bond donors (Lipinski definition) is 0. The second-order valence-corrected chi connectivity index (χ2v) is 12.6. The predicted molar refractivity (Wildman–Crippen MR) is 182 cm³/mol. The molecule has 2 atom stereocenters. The molecule has 2 saturated heterocycles. The Kier molecular flexibility index (Phi) is 12.4. The highest BCUT2D eigenvalue weighted by molar-refractivity contribution is 5.85. The summed E-state index contributed by atoms with van der Waals surface area (Å²) in [6, 6.07) is 20.8. The Morgan fingerprint density at radius 1 is 0.917 bits per heavy atom. The van der Waals surface area contributed by atoms with E-state index in [1.807, 2.05) is 41.3 Å². The largest absolute Gasteiger partial charge is 0.481 e. The quantitative estimate of drug-likeness (QED) is 0.277. The second kappa shape index (κ2) is 15.9. The topological polar surface area (TPSA) is 74.3 Å². The molecule has 2 amide bonds. The van der Waals surface area contributed by atoms with Crippen molar-refractivity contribution in [1.29, 1.82) is 0 Å². The van der Waals surface area contributed by atoms with Crippen molar-refractivity contribution in [1.82, 2.24) is 29.6 Å². The van der Waals surface area contributed by atoms with Crippen molar-refractivity contribution in [2.45, 2.75) is 49.5 Å². The highest BCUT2D eigenvalue weighted by Crippen LogP contribution is 2.42. The lowest BCUT2D eigenvalue weighted by atomic mass is 9.81. The minimum absolute atomic E-state index is 0. The molecule has 3 aromatic rings. The van der Waals surface area contributed by atoms with E-state index in [0.717, 1.165) is 12.8 Å². The van der Waals surface area contributed by atoms with Gasteiger partial charge in [0.05, 0.1) is 12.7 Å². The fourth-order valence-electron chi connectivity index (χ4n) is 6.83. The molecular weight excluding hydrogens is 668 g/mol. The average molecular weight is 712 g/mol. The second-order valence-electron chi connectivity index (χ2n) is 12.6. The molecule has 3 fully saturated rings. The Morgan fingerprint density at radius 3 is 2.06 bits per heavy atom. The summed E-state index contributed by atoms with van der Waals surface area (Å²) in [5.74, 6) is 0.729. The summed E-state index contributed by atoms with van der Waals surface area (Å²) in [5, 5.41) is 0. The zero-order valence-corrected chi connectivity index (χ0v) is 28.9. The van der Waals surface area contributed by atoms with Crippen LogP contribution < -0.4 is 9.47 Å². The first kappa shape index (κ1) is 37.5. The van der Waals surface area contributed by atoms with Gasteiger partial charge in [-0.3, -0.25) is 9.80 Å². The van der Waals surface area contributed by atoms with Crippen LogP contribution in [0.2, 0.25) is 0 Å². The number of hydrogen-bond acceptors (Lipinski definition) is 7. The van der Waals surface area contributed by atoms with E-state index in [4.69, 9.17) is 9.47 Å². The highest BCUT2D eigenvalue weighted by atomic mass is 35.5. The van der Waals surface area contributed by atoms with E-state index < -0.39 is 12.8 Å². The summed E-state index contributed by atoms with van der Waals surface area (Å²) in [5.41, 5.74) is 2.75. The van der Waals surface area contributed by atoms with Crippen molar-refractivity contribution in [3.63, 3.8) is 0 Å². The number of carbonyl (C=O) groups is 1. The van der Waals surface area contributed by atoms with Crippen LogP contribution in [0.3, 0.4) is 0 Å². The van der Waals surface area contributed by atoms with Crippen LogP contribution in [0, 0.1) is 0 Å². The Hall–Kier alpha value is -3.32. The number of carbonyl (C=O) groups excluding carboxylic acids is 1. The molecule has 2 aromatic carbocycles. The van der Waals surface area contributed by atoms with Crippen LogP contribution in [0.25, 0.3) is 0 Å². The first-order chi connectivity index (χ1) is 22.1. The molecule has 1 saturated carbocycles. The lowest BCUT2D eigenvalue weighted by Crippen LogP contribution is -2.67. The summed E-state index contributed by atoms with van der Waals surface area (Å²) in [6.07, 6.45) is -2.75. The number of amides is 2. The van der Waals surface area contributed by atoms with Crippen LogP contribution in [-0.4, -0.2) is 114 Å². The number of aromatic nitrogens is 2. The molecule has 6 rings (SSSR count). The molecule has 262 valence electrons. The van der Waals surface area contributed by atoms with Gasteiger partial charge in [-0.25, -0.2) is 4.79 Å². The molecule has 1 aliphatic carbocycles. The third-order valence-electron chi connectivity index (χ3n) is 9.06. The molecule has 0 radical (unpaired) electrons. The predicted octanol–water partition coefficient (Wildman–Crippen LogP) is 5.83. The first-order valence-corrected chi connectivity index (χ1v) is 15.8. The van der Waals surface area contributed by atoms with Gasteiger partial charge in [-0.1, -0.05) is 60.7 Å². The Bertz CT molecular complexity index is 1460. The van der Waals surface area contributed by atoms with Crippen LogP contribution in [-0.2, 0) is 6.54 Å². The van der Waals surface area contributed by atoms with Gasteiger partial charge in [-0.15, -0.1) is 24.8 Å². The minimum Gasteiger partial charge on any atom is -0.481 e. The van der Waals surface area contributed by atoms with Crippen molar-refractivity contribution < 1.29 is 27.4 Å². The number of nitrogens with zero attached hydrogens (tertiary/aromatic N) is 6. The summed E-state index contributed by atoms with van der Waals surface area (Å²) < 4.78 is 51.0. The van der Waals surface area contributed by atoms with Gasteiger partial charge < -0.3 is 19.3 Å². The summed E-state index contributed by atoms with van der Waals surface area (Å²) in [4.78, 5) is 30.4. The lowest BCUT2D eigenvalue weighted by molar-refractivity contribution is -0.154. The van der Waals surface area contributed by atoms with E-state index in [1.165, 1.54) is 18.2 Å². The number of urea groups is 1. The maximum Gasteiger partial charge on any atom is 0.422 e. The molecule has 48 heavy (non-hydrogen) atoms. The smallest absolute Gasteiger partial charge is 0.422 e. The summed E-state index contributed by atoms with van der Waals surface area (Å²) in [6.45, 7) is 1.86. The van der Waals surface area contributed by atoms with E-state index >= 15 is 0 Å². The molecule has 0 unspecified atom stereocenters. The van der Waals surface area contributed by atoms with Crippen LogP contribution >= 0.6 is 24.8 Å². The van der Waals surface area contributed by atoms with Gasteiger partial charge in [0, 0.05) is 77.3 Å². The van der Waals surface area contributed by atoms with Gasteiger partial charge in [0.2, 0.25) is 11.8 Å². The highest BCUT2D eigenvalue weighted by Gasteiger charge is 2.44. The maximum absolute atomic E-state index is 13.3. The monoisotopic (exact) mass is 710 g/mol. The van der Waals surface area contributed by atoms with E-state index in [9.17, 15) is 18.0 Å². The summed E-state index contributed by atoms with van der Waals surface area (Å²) >= 11 is 0. The number of halogens is 5. The van der Waals surface area contributed by atoms with Gasteiger partial charge in [0.25, 0.3) is 0 Å². The molecule has 0 bridgehead atoms. The van der Waals surface area contributed by atoms with Gasteiger partial charge in [0.15, 0.2) is 6.61 Å². The first-order valence-electron chi connectivity index (χ1n) is 15.8. The van der Waals surface area contributed by atoms with Crippen LogP contribution in [0.15, 0.2) is 60.7 Å². The number of alkyl halides is 3. The van der Waals surface area contributed by atoms with Crippen LogP contribution in [0.1, 0.15) is 47.2 Å². The van der Waals surface area contributed by atoms with Gasteiger partial charge in [-0.05, 0) is 24.0 Å². The molecule has 2 aliphatic heterocycles. The van der Waals surface area contributed by atoms with Crippen LogP contribution in [0.5, 0.6) is 11.8 Å². The number of piperazine rings is 2. The fraction of sp³-hybridized carbons (Fsp3) is 0.500. The number of fused-ring (bicyclic) bond motifs is 1. The van der Waals surface area contributed by atoms with Crippen molar-refractivity contribution >= 4 is 30.8 Å².